The molecule has 0 unspecified atom stereocenters. The number of H-pyrrole nitrogens is 1. The Morgan fingerprint density at radius 2 is 1.71 bits per heavy atom. The van der Waals surface area contributed by atoms with Crippen molar-refractivity contribution in [1.29, 1.82) is 0 Å². The highest BCUT2D eigenvalue weighted by molar-refractivity contribution is 5.90. The number of nitrogens with zero attached hydrogens (tertiary/aromatic N) is 1. The number of carbonyl (C=O) groups is 2. The van der Waals surface area contributed by atoms with E-state index in [-0.39, 0.29) is 24.3 Å². The number of likely N-dealkylation sites (tertiary alicyclic amines) is 1. The van der Waals surface area contributed by atoms with Gasteiger partial charge in [-0.15, -0.1) is 0 Å². The third-order valence-corrected chi connectivity index (χ3v) is 7.68. The summed E-state index contributed by atoms with van der Waals surface area (Å²) in [4.78, 5) is 32.3. The maximum Gasteiger partial charge on any atom is 0.243 e. The van der Waals surface area contributed by atoms with E-state index < -0.39 is 12.1 Å². The normalized spacial score (nSPS) is 16.4. The number of aromatic nitrogens is 1. The molecule has 5 rings (SSSR count). The fraction of sp³-hybridized carbons (Fsp3) is 0.355. The van der Waals surface area contributed by atoms with E-state index in [0.29, 0.717) is 12.8 Å². The molecule has 1 fully saturated rings. The minimum absolute atomic E-state index is 0.0729. The van der Waals surface area contributed by atoms with Gasteiger partial charge in [0.2, 0.25) is 11.8 Å². The Balaban J connectivity index is 1.33. The first-order valence-corrected chi connectivity index (χ1v) is 13.4. The second-order valence-electron chi connectivity index (χ2n) is 10.5. The number of amides is 2. The average molecular weight is 513 g/mol. The minimum atomic E-state index is -0.736. The van der Waals surface area contributed by atoms with E-state index in [9.17, 15) is 14.7 Å². The summed E-state index contributed by atoms with van der Waals surface area (Å²) in [7, 11) is 2.06. The molecule has 38 heavy (non-hydrogen) atoms. The van der Waals surface area contributed by atoms with Crippen LogP contribution in [0.4, 0.5) is 0 Å². The second-order valence-corrected chi connectivity index (χ2v) is 10.5. The molecule has 4 N–H and O–H groups in total. The fourth-order valence-electron chi connectivity index (χ4n) is 5.40. The first-order chi connectivity index (χ1) is 18.5. The SMILES string of the molecule is CN1CCC(C(=O)N[C@H](Cc2ccc3ccccc3c2)C(=O)N[C@@H](CO)Cc2c[nH]c3ccccc23)CC1. The maximum absolute atomic E-state index is 13.6. The minimum Gasteiger partial charge on any atom is -0.394 e. The largest absolute Gasteiger partial charge is 0.394 e. The summed E-state index contributed by atoms with van der Waals surface area (Å²) in [6, 6.07) is 21.0. The highest BCUT2D eigenvalue weighted by atomic mass is 16.3. The van der Waals surface area contributed by atoms with Crippen molar-refractivity contribution in [2.24, 2.45) is 5.92 Å². The van der Waals surface area contributed by atoms with Gasteiger partial charge in [-0.25, -0.2) is 0 Å². The first-order valence-electron chi connectivity index (χ1n) is 13.4. The lowest BCUT2D eigenvalue weighted by Crippen LogP contribution is -2.53. The predicted octanol–water partition coefficient (Wildman–Crippen LogP) is 3.41. The van der Waals surface area contributed by atoms with Gasteiger partial charge < -0.3 is 25.6 Å². The van der Waals surface area contributed by atoms with Crippen molar-refractivity contribution in [3.8, 4) is 0 Å². The van der Waals surface area contributed by atoms with E-state index in [4.69, 9.17) is 0 Å². The molecule has 7 nitrogen and oxygen atoms in total. The van der Waals surface area contributed by atoms with Gasteiger partial charge in [0.1, 0.15) is 6.04 Å². The van der Waals surface area contributed by atoms with Crippen molar-refractivity contribution in [3.63, 3.8) is 0 Å². The Kier molecular flexibility index (Phi) is 8.05. The number of piperidine rings is 1. The van der Waals surface area contributed by atoms with Crippen LogP contribution in [0.3, 0.4) is 0 Å². The molecule has 198 valence electrons. The van der Waals surface area contributed by atoms with Gasteiger partial charge in [-0.3, -0.25) is 9.59 Å². The molecular weight excluding hydrogens is 476 g/mol. The van der Waals surface area contributed by atoms with E-state index in [1.165, 1.54) is 0 Å². The van der Waals surface area contributed by atoms with Gasteiger partial charge in [0.15, 0.2) is 0 Å². The average Bonchev–Trinajstić information content (AvgIpc) is 3.35. The Bertz CT molecular complexity index is 1410. The highest BCUT2D eigenvalue weighted by Gasteiger charge is 2.29. The maximum atomic E-state index is 13.6. The first kappa shape index (κ1) is 25.9. The topological polar surface area (TPSA) is 97.5 Å². The zero-order chi connectivity index (χ0) is 26.5. The van der Waals surface area contributed by atoms with Crippen LogP contribution in [0.1, 0.15) is 24.0 Å². The zero-order valence-corrected chi connectivity index (χ0v) is 21.8. The van der Waals surface area contributed by atoms with Crippen molar-refractivity contribution in [3.05, 3.63) is 84.1 Å². The van der Waals surface area contributed by atoms with Gasteiger partial charge in [-0.2, -0.15) is 0 Å². The standard InChI is InChI=1S/C31H36N4O3/c1-35-14-12-23(13-15-35)30(37)34-29(17-21-10-11-22-6-2-3-7-24(22)16-21)31(38)33-26(20-36)18-25-19-32-28-9-5-4-8-27(25)28/h2-11,16,19,23,26,29,32,36H,12-15,17-18,20H2,1H3,(H,33,38)(H,34,37)/t26-,29-/m1/s1. The molecule has 1 aliphatic heterocycles. The van der Waals surface area contributed by atoms with Crippen LogP contribution in [0.25, 0.3) is 21.7 Å². The number of benzene rings is 3. The molecule has 1 aliphatic rings. The van der Waals surface area contributed by atoms with Crippen LogP contribution in [0.5, 0.6) is 0 Å². The third-order valence-electron chi connectivity index (χ3n) is 7.68. The third kappa shape index (κ3) is 6.06. The molecule has 1 saturated heterocycles. The van der Waals surface area contributed by atoms with Crippen LogP contribution in [0.2, 0.25) is 0 Å². The monoisotopic (exact) mass is 512 g/mol. The van der Waals surface area contributed by atoms with Crippen LogP contribution < -0.4 is 10.6 Å². The molecule has 0 spiro atoms. The molecule has 2 atom stereocenters. The predicted molar refractivity (Wildman–Crippen MR) is 151 cm³/mol. The number of aliphatic hydroxyl groups excluding tert-OH is 1. The lowest BCUT2D eigenvalue weighted by Gasteiger charge is -2.30. The van der Waals surface area contributed by atoms with Gasteiger partial charge in [0, 0.05) is 29.4 Å². The summed E-state index contributed by atoms with van der Waals surface area (Å²) in [6.07, 6.45) is 4.35. The lowest BCUT2D eigenvalue weighted by molar-refractivity contribution is -0.132. The van der Waals surface area contributed by atoms with E-state index in [2.05, 4.69) is 39.7 Å². The number of fused-ring (bicyclic) bond motifs is 2. The van der Waals surface area contributed by atoms with Crippen molar-refractivity contribution >= 4 is 33.5 Å². The number of nitrogens with one attached hydrogen (secondary N) is 3. The van der Waals surface area contributed by atoms with Crippen LogP contribution in [0.15, 0.2) is 72.9 Å². The Morgan fingerprint density at radius 1 is 0.974 bits per heavy atom. The molecule has 3 aromatic carbocycles. The van der Waals surface area contributed by atoms with Gasteiger partial charge in [0.05, 0.1) is 12.6 Å². The number of aliphatic hydroxyl groups is 1. The molecule has 4 aromatic rings. The Hall–Kier alpha value is -3.68. The number of aromatic amines is 1. The molecule has 0 saturated carbocycles. The van der Waals surface area contributed by atoms with E-state index in [1.54, 1.807) is 0 Å². The molecule has 0 radical (unpaired) electrons. The smallest absolute Gasteiger partial charge is 0.243 e. The fourth-order valence-corrected chi connectivity index (χ4v) is 5.40. The number of hydrogen-bond acceptors (Lipinski definition) is 4. The molecule has 2 heterocycles. The van der Waals surface area contributed by atoms with E-state index in [0.717, 1.165) is 58.7 Å². The molecule has 0 bridgehead atoms. The van der Waals surface area contributed by atoms with Crippen LogP contribution in [-0.2, 0) is 22.4 Å². The molecule has 0 aliphatic carbocycles. The highest BCUT2D eigenvalue weighted by Crippen LogP contribution is 2.21. The van der Waals surface area contributed by atoms with Gasteiger partial charge in [0.25, 0.3) is 0 Å². The van der Waals surface area contributed by atoms with E-state index in [1.807, 2.05) is 60.8 Å². The van der Waals surface area contributed by atoms with Crippen molar-refractivity contribution < 1.29 is 14.7 Å². The van der Waals surface area contributed by atoms with E-state index >= 15 is 0 Å². The summed E-state index contributed by atoms with van der Waals surface area (Å²) in [5.74, 6) is -0.451. The lowest BCUT2D eigenvalue weighted by atomic mass is 9.95. The molecule has 2 amide bonds. The summed E-state index contributed by atoms with van der Waals surface area (Å²) in [5, 5.41) is 19.5. The number of para-hydroxylation sites is 1. The summed E-state index contributed by atoms with van der Waals surface area (Å²) in [5.41, 5.74) is 3.02. The number of carbonyl (C=O) groups excluding carboxylic acids is 2. The Morgan fingerprint density at radius 3 is 2.50 bits per heavy atom. The zero-order valence-electron chi connectivity index (χ0n) is 21.8. The van der Waals surface area contributed by atoms with Crippen LogP contribution in [0, 0.1) is 5.92 Å². The van der Waals surface area contributed by atoms with Gasteiger partial charge >= 0.3 is 0 Å². The summed E-state index contributed by atoms with van der Waals surface area (Å²) >= 11 is 0. The van der Waals surface area contributed by atoms with Gasteiger partial charge in [-0.05, 0) is 67.4 Å². The van der Waals surface area contributed by atoms with Crippen molar-refractivity contribution in [2.45, 2.75) is 37.8 Å². The summed E-state index contributed by atoms with van der Waals surface area (Å²) < 4.78 is 0. The Labute approximate surface area is 223 Å². The van der Waals surface area contributed by atoms with Crippen LogP contribution >= 0.6 is 0 Å². The summed E-state index contributed by atoms with van der Waals surface area (Å²) in [6.45, 7) is 1.55. The molecule has 1 aromatic heterocycles. The number of rotatable bonds is 9. The molecular formula is C31H36N4O3. The van der Waals surface area contributed by atoms with Gasteiger partial charge in [-0.1, -0.05) is 60.7 Å². The quantitative estimate of drug-likeness (QED) is 0.276. The molecule has 7 heteroatoms. The van der Waals surface area contributed by atoms with Crippen molar-refractivity contribution in [1.82, 2.24) is 20.5 Å². The van der Waals surface area contributed by atoms with Crippen LogP contribution in [-0.4, -0.2) is 65.6 Å². The number of hydrogen-bond donors (Lipinski definition) is 4. The van der Waals surface area contributed by atoms with Crippen molar-refractivity contribution in [2.75, 3.05) is 26.7 Å². The second kappa shape index (κ2) is 11.8.